The number of β-amino-alcohol motifs (C(OH)–C–C–N with tert-alkyl or cyclic N) is 1. The highest BCUT2D eigenvalue weighted by molar-refractivity contribution is 8.14. The van der Waals surface area contributed by atoms with Crippen molar-refractivity contribution in [3.05, 3.63) is 35.9 Å². The Morgan fingerprint density at radius 3 is 2.88 bits per heavy atom. The van der Waals surface area contributed by atoms with E-state index in [9.17, 15) is 14.7 Å². The third-order valence-corrected chi connectivity index (χ3v) is 4.73. The molecule has 1 aromatic rings. The van der Waals surface area contributed by atoms with Gasteiger partial charge in [0.05, 0.1) is 19.2 Å². The van der Waals surface area contributed by atoms with Gasteiger partial charge in [0, 0.05) is 12.2 Å². The van der Waals surface area contributed by atoms with Gasteiger partial charge in [-0.1, -0.05) is 42.1 Å². The van der Waals surface area contributed by atoms with Crippen molar-refractivity contribution >= 4 is 28.9 Å². The van der Waals surface area contributed by atoms with E-state index in [2.05, 4.69) is 10.3 Å². The number of aliphatic hydroxyl groups excluding tert-OH is 1. The molecule has 0 aromatic heterocycles. The fourth-order valence-electron chi connectivity index (χ4n) is 2.67. The summed E-state index contributed by atoms with van der Waals surface area (Å²) in [7, 11) is 0. The third kappa shape index (κ3) is 4.07. The average Bonchev–Trinajstić information content (AvgIpc) is 3.23. The Morgan fingerprint density at radius 1 is 1.38 bits per heavy atom. The first-order valence-corrected chi connectivity index (χ1v) is 8.75. The zero-order valence-electron chi connectivity index (χ0n) is 13.1. The van der Waals surface area contributed by atoms with Crippen LogP contribution in [0.25, 0.3) is 0 Å². The largest absolute Gasteiger partial charge is 0.445 e. The summed E-state index contributed by atoms with van der Waals surface area (Å²) in [6.45, 7) is 0.894. The number of aliphatic imine (C=N–C) groups is 1. The topological polar surface area (TPSA) is 91.2 Å². The predicted octanol–water partition coefficient (Wildman–Crippen LogP) is 0.977. The molecule has 7 nitrogen and oxygen atoms in total. The Morgan fingerprint density at radius 2 is 2.17 bits per heavy atom. The van der Waals surface area contributed by atoms with Crippen molar-refractivity contribution in [3.8, 4) is 0 Å². The van der Waals surface area contributed by atoms with Crippen LogP contribution in [-0.2, 0) is 16.1 Å². The summed E-state index contributed by atoms with van der Waals surface area (Å²) < 4.78 is 5.27. The van der Waals surface area contributed by atoms with Gasteiger partial charge in [-0.3, -0.25) is 14.7 Å². The highest BCUT2D eigenvalue weighted by atomic mass is 32.2. The molecule has 2 heterocycles. The number of carbonyl (C=O) groups is 2. The fraction of sp³-hybridized carbons (Fsp3) is 0.438. The smallest absolute Gasteiger partial charge is 0.410 e. The van der Waals surface area contributed by atoms with E-state index < -0.39 is 18.2 Å². The third-order valence-electron chi connectivity index (χ3n) is 3.84. The van der Waals surface area contributed by atoms with Crippen molar-refractivity contribution < 1.29 is 19.4 Å². The summed E-state index contributed by atoms with van der Waals surface area (Å²) in [5.74, 6) is 0.502. The molecule has 0 aliphatic carbocycles. The molecule has 1 aromatic carbocycles. The van der Waals surface area contributed by atoms with Gasteiger partial charge in [0.15, 0.2) is 5.17 Å². The summed E-state index contributed by atoms with van der Waals surface area (Å²) in [5.41, 5.74) is 0.864. The van der Waals surface area contributed by atoms with Crippen molar-refractivity contribution in [2.24, 2.45) is 4.99 Å². The van der Waals surface area contributed by atoms with Gasteiger partial charge in [-0.25, -0.2) is 4.79 Å². The van der Waals surface area contributed by atoms with Gasteiger partial charge in [-0.15, -0.1) is 0 Å². The molecule has 2 atom stereocenters. The molecular weight excluding hydrogens is 330 g/mol. The first kappa shape index (κ1) is 16.8. The molecular formula is C16H19N3O4S. The molecule has 0 saturated carbocycles. The monoisotopic (exact) mass is 349 g/mol. The van der Waals surface area contributed by atoms with Crippen LogP contribution in [0.1, 0.15) is 12.0 Å². The summed E-state index contributed by atoms with van der Waals surface area (Å²) >= 11 is 1.47. The van der Waals surface area contributed by atoms with Crippen molar-refractivity contribution in [3.63, 3.8) is 0 Å². The maximum absolute atomic E-state index is 12.4. The molecule has 0 bridgehead atoms. The average molecular weight is 349 g/mol. The summed E-state index contributed by atoms with van der Waals surface area (Å²) in [5, 5.41) is 13.1. The number of rotatable bonds is 3. The van der Waals surface area contributed by atoms with Gasteiger partial charge >= 0.3 is 6.09 Å². The lowest BCUT2D eigenvalue weighted by molar-refractivity contribution is -0.123. The molecule has 1 fully saturated rings. The molecule has 0 spiro atoms. The Bertz CT molecular complexity index is 637. The van der Waals surface area contributed by atoms with Crippen LogP contribution in [0.15, 0.2) is 35.3 Å². The number of thioether (sulfide) groups is 1. The minimum atomic E-state index is -0.743. The molecule has 2 aliphatic rings. The second kappa shape index (κ2) is 7.67. The van der Waals surface area contributed by atoms with Crippen molar-refractivity contribution in [2.75, 3.05) is 18.8 Å². The van der Waals surface area contributed by atoms with Gasteiger partial charge in [0.2, 0.25) is 5.91 Å². The second-order valence-corrected chi connectivity index (χ2v) is 6.71. The molecule has 2 aliphatic heterocycles. The Balaban J connectivity index is 1.59. The van der Waals surface area contributed by atoms with Crippen LogP contribution in [0.3, 0.4) is 0 Å². The van der Waals surface area contributed by atoms with Crippen LogP contribution in [0.5, 0.6) is 0 Å². The number of hydrogen-bond donors (Lipinski definition) is 2. The molecule has 0 unspecified atom stereocenters. The highest BCUT2D eigenvalue weighted by Crippen LogP contribution is 2.20. The van der Waals surface area contributed by atoms with Crippen LogP contribution in [0, 0.1) is 0 Å². The van der Waals surface area contributed by atoms with E-state index in [4.69, 9.17) is 4.74 Å². The lowest BCUT2D eigenvalue weighted by Gasteiger charge is -2.22. The van der Waals surface area contributed by atoms with Crippen molar-refractivity contribution in [1.29, 1.82) is 0 Å². The lowest BCUT2D eigenvalue weighted by Crippen LogP contribution is -2.47. The predicted molar refractivity (Wildman–Crippen MR) is 90.6 cm³/mol. The fourth-order valence-corrected chi connectivity index (χ4v) is 3.40. The standard InChI is InChI=1S/C16H19N3O4S/c20-12-8-13(14(21)18-15-17-6-7-24-15)19(9-12)16(22)23-10-11-4-2-1-3-5-11/h1-5,12-13,20H,6-10H2,(H,17,18,21)/t12-,13+/m1/s1. The SMILES string of the molecule is O=C(NC1=NCCS1)[C@@H]1C[C@@H](O)CN1C(=O)OCc1ccccc1. The number of amides is 2. The number of hydrogen-bond acceptors (Lipinski definition) is 6. The maximum Gasteiger partial charge on any atom is 0.410 e. The van der Waals surface area contributed by atoms with Crippen LogP contribution in [-0.4, -0.2) is 58.2 Å². The van der Waals surface area contributed by atoms with Crippen LogP contribution in [0.2, 0.25) is 0 Å². The van der Waals surface area contributed by atoms with E-state index in [1.807, 2.05) is 30.3 Å². The van der Waals surface area contributed by atoms with Crippen molar-refractivity contribution in [1.82, 2.24) is 10.2 Å². The van der Waals surface area contributed by atoms with Crippen LogP contribution >= 0.6 is 11.8 Å². The summed E-state index contributed by atoms with van der Waals surface area (Å²) in [6, 6.07) is 8.56. The lowest BCUT2D eigenvalue weighted by atomic mass is 10.2. The van der Waals surface area contributed by atoms with Crippen LogP contribution in [0.4, 0.5) is 4.79 Å². The first-order chi connectivity index (χ1) is 11.6. The molecule has 8 heteroatoms. The molecule has 2 amide bonds. The zero-order chi connectivity index (χ0) is 16.9. The first-order valence-electron chi connectivity index (χ1n) is 7.77. The van der Waals surface area contributed by atoms with E-state index in [-0.39, 0.29) is 25.5 Å². The van der Waals surface area contributed by atoms with Gasteiger partial charge in [0.25, 0.3) is 0 Å². The summed E-state index contributed by atoms with van der Waals surface area (Å²) in [6.07, 6.45) is -1.13. The highest BCUT2D eigenvalue weighted by Gasteiger charge is 2.40. The zero-order valence-corrected chi connectivity index (χ0v) is 13.9. The molecule has 24 heavy (non-hydrogen) atoms. The summed E-state index contributed by atoms with van der Waals surface area (Å²) in [4.78, 5) is 30.1. The van der Waals surface area contributed by atoms with Crippen molar-refractivity contribution in [2.45, 2.75) is 25.2 Å². The minimum Gasteiger partial charge on any atom is -0.445 e. The number of benzene rings is 1. The molecule has 1 saturated heterocycles. The number of amidine groups is 1. The Labute approximate surface area is 144 Å². The number of carbonyl (C=O) groups excluding carboxylic acids is 2. The van der Waals surface area contributed by atoms with Gasteiger partial charge in [-0.2, -0.15) is 0 Å². The van der Waals surface area contributed by atoms with E-state index in [1.165, 1.54) is 16.7 Å². The molecule has 0 radical (unpaired) electrons. The van der Waals surface area contributed by atoms with Gasteiger partial charge in [-0.05, 0) is 5.56 Å². The normalized spacial score (nSPS) is 23.0. The maximum atomic E-state index is 12.4. The number of ether oxygens (including phenoxy) is 1. The Hall–Kier alpha value is -2.06. The van der Waals surface area contributed by atoms with E-state index in [1.54, 1.807) is 0 Å². The van der Waals surface area contributed by atoms with E-state index in [0.29, 0.717) is 11.7 Å². The van der Waals surface area contributed by atoms with Gasteiger partial charge < -0.3 is 15.2 Å². The van der Waals surface area contributed by atoms with Crippen LogP contribution < -0.4 is 5.32 Å². The number of likely N-dealkylation sites (tertiary alicyclic amines) is 1. The number of aliphatic hydroxyl groups is 1. The molecule has 3 rings (SSSR count). The number of nitrogens with zero attached hydrogens (tertiary/aromatic N) is 2. The van der Waals surface area contributed by atoms with E-state index >= 15 is 0 Å². The Kier molecular flexibility index (Phi) is 5.37. The molecule has 2 N–H and O–H groups in total. The van der Waals surface area contributed by atoms with E-state index in [0.717, 1.165) is 11.3 Å². The molecule has 128 valence electrons. The number of nitrogens with one attached hydrogen (secondary N) is 1. The second-order valence-electron chi connectivity index (χ2n) is 5.62. The quantitative estimate of drug-likeness (QED) is 0.849. The minimum absolute atomic E-state index is 0.0886. The van der Waals surface area contributed by atoms with Gasteiger partial charge in [0.1, 0.15) is 12.6 Å².